The normalized spacial score (nSPS) is 10.6. The van der Waals surface area contributed by atoms with Crippen LogP contribution in [0.15, 0.2) is 71.8 Å². The highest BCUT2D eigenvalue weighted by atomic mass is 35.5. The third-order valence-electron chi connectivity index (χ3n) is 4.15. The molecule has 7 nitrogen and oxygen atoms in total. The number of benzene rings is 3. The van der Waals surface area contributed by atoms with Crippen molar-refractivity contribution in [3.63, 3.8) is 0 Å². The van der Waals surface area contributed by atoms with Gasteiger partial charge in [-0.3, -0.25) is 9.59 Å². The molecule has 0 unspecified atom stereocenters. The Morgan fingerprint density at radius 3 is 2.42 bits per heavy atom. The van der Waals surface area contributed by atoms with Crippen molar-refractivity contribution in [2.24, 2.45) is 5.10 Å². The Labute approximate surface area is 204 Å². The lowest BCUT2D eigenvalue weighted by molar-refractivity contribution is -0.120. The number of nitrogens with one attached hydrogen (secondary N) is 2. The number of hydrazone groups is 1. The number of carbonyl (C=O) groups is 3. The lowest BCUT2D eigenvalue weighted by atomic mass is 10.2. The highest BCUT2D eigenvalue weighted by molar-refractivity contribution is 6.36. The predicted octanol–water partition coefficient (Wildman–Crippen LogP) is 4.75. The Hall–Kier alpha value is -3.39. The number of halogens is 3. The predicted molar refractivity (Wildman–Crippen MR) is 127 cm³/mol. The van der Waals surface area contributed by atoms with Crippen molar-refractivity contribution < 1.29 is 19.1 Å². The first kappa shape index (κ1) is 24.3. The Morgan fingerprint density at radius 1 is 0.879 bits per heavy atom. The van der Waals surface area contributed by atoms with E-state index in [-0.39, 0.29) is 33.5 Å². The Bertz CT molecular complexity index is 1230. The summed E-state index contributed by atoms with van der Waals surface area (Å²) in [4.78, 5) is 36.3. The van der Waals surface area contributed by atoms with E-state index in [2.05, 4.69) is 15.8 Å². The van der Waals surface area contributed by atoms with Crippen molar-refractivity contribution in [3.8, 4) is 5.75 Å². The number of amides is 2. The fraction of sp³-hybridized carbons (Fsp3) is 0.0435. The van der Waals surface area contributed by atoms with Crippen LogP contribution in [0, 0.1) is 0 Å². The van der Waals surface area contributed by atoms with E-state index in [1.807, 2.05) is 0 Å². The topological polar surface area (TPSA) is 96.9 Å². The van der Waals surface area contributed by atoms with Crippen molar-refractivity contribution in [2.45, 2.75) is 0 Å². The smallest absolute Gasteiger partial charge is 0.345 e. The molecule has 0 saturated heterocycles. The molecule has 2 amide bonds. The maximum Gasteiger partial charge on any atom is 0.345 e. The zero-order valence-corrected chi connectivity index (χ0v) is 19.1. The van der Waals surface area contributed by atoms with Crippen LogP contribution in [-0.2, 0) is 4.79 Å². The maximum atomic E-state index is 12.3. The summed E-state index contributed by atoms with van der Waals surface area (Å²) in [6.07, 6.45) is 1.36. The van der Waals surface area contributed by atoms with Gasteiger partial charge in [-0.25, -0.2) is 10.2 Å². The number of ether oxygens (including phenoxy) is 1. The van der Waals surface area contributed by atoms with Crippen molar-refractivity contribution >= 4 is 58.8 Å². The van der Waals surface area contributed by atoms with Gasteiger partial charge in [0.2, 0.25) is 0 Å². The number of esters is 1. The molecule has 0 aliphatic rings. The monoisotopic (exact) mass is 503 g/mol. The quantitative estimate of drug-likeness (QED) is 0.210. The van der Waals surface area contributed by atoms with E-state index in [0.717, 1.165) is 0 Å². The van der Waals surface area contributed by atoms with Gasteiger partial charge in [-0.05, 0) is 48.0 Å². The average Bonchev–Trinajstić information content (AvgIpc) is 2.78. The zero-order chi connectivity index (χ0) is 23.8. The second-order valence-electron chi connectivity index (χ2n) is 6.54. The van der Waals surface area contributed by atoms with Gasteiger partial charge in [-0.15, -0.1) is 0 Å². The molecule has 0 atom stereocenters. The second-order valence-corrected chi connectivity index (χ2v) is 7.79. The molecule has 3 aromatic rings. The van der Waals surface area contributed by atoms with Crippen LogP contribution in [-0.4, -0.2) is 30.5 Å². The van der Waals surface area contributed by atoms with Crippen LogP contribution in [0.5, 0.6) is 5.75 Å². The number of rotatable bonds is 7. The number of hydrogen-bond acceptors (Lipinski definition) is 5. The van der Waals surface area contributed by atoms with Crippen LogP contribution < -0.4 is 15.5 Å². The summed E-state index contributed by atoms with van der Waals surface area (Å²) in [5.41, 5.74) is 3.29. The highest BCUT2D eigenvalue weighted by Crippen LogP contribution is 2.23. The molecule has 0 spiro atoms. The molecule has 0 aliphatic carbocycles. The fourth-order valence-corrected chi connectivity index (χ4v) is 3.30. The Kier molecular flexibility index (Phi) is 8.43. The van der Waals surface area contributed by atoms with E-state index >= 15 is 0 Å². The van der Waals surface area contributed by atoms with Crippen molar-refractivity contribution in [1.82, 2.24) is 10.7 Å². The molecule has 10 heteroatoms. The van der Waals surface area contributed by atoms with Crippen LogP contribution in [0.1, 0.15) is 26.3 Å². The number of nitrogens with zero attached hydrogens (tertiary/aromatic N) is 1. The summed E-state index contributed by atoms with van der Waals surface area (Å²) in [6.45, 7) is -0.291. The Balaban J connectivity index is 1.52. The van der Waals surface area contributed by atoms with Crippen LogP contribution >= 0.6 is 34.8 Å². The standard InChI is InChI=1S/C23H16Cl3N3O4/c24-15-8-9-18(20(26)11-15)23(32)33-16-5-3-4-14(10-16)12-28-29-21(30)13-27-22(31)17-6-1-2-7-19(17)25/h1-12H,13H2,(H,27,31)(H,29,30)/b28-12-. The molecule has 0 aliphatic heterocycles. The SMILES string of the molecule is O=C(CNC(=O)c1ccccc1Cl)N/N=C\c1cccc(OC(=O)c2ccc(Cl)cc2Cl)c1. The molecule has 0 aromatic heterocycles. The van der Waals surface area contributed by atoms with Gasteiger partial charge in [0.05, 0.1) is 33.9 Å². The molecule has 0 fully saturated rings. The molecule has 0 saturated carbocycles. The van der Waals surface area contributed by atoms with E-state index in [1.165, 1.54) is 24.4 Å². The van der Waals surface area contributed by atoms with Gasteiger partial charge in [-0.1, -0.05) is 59.1 Å². The molecule has 2 N–H and O–H groups in total. The molecule has 33 heavy (non-hydrogen) atoms. The minimum Gasteiger partial charge on any atom is -0.423 e. The molecule has 168 valence electrons. The van der Waals surface area contributed by atoms with Crippen LogP contribution in [0.3, 0.4) is 0 Å². The molecule has 0 bridgehead atoms. The molecular weight excluding hydrogens is 489 g/mol. The summed E-state index contributed by atoms with van der Waals surface area (Å²) in [6, 6.07) is 17.4. The van der Waals surface area contributed by atoms with E-state index in [0.29, 0.717) is 10.6 Å². The molecule has 3 aromatic carbocycles. The van der Waals surface area contributed by atoms with Gasteiger partial charge in [0.25, 0.3) is 11.8 Å². The van der Waals surface area contributed by atoms with Crippen molar-refractivity contribution in [1.29, 1.82) is 0 Å². The first-order valence-corrected chi connectivity index (χ1v) is 10.6. The lowest BCUT2D eigenvalue weighted by Gasteiger charge is -2.07. The summed E-state index contributed by atoms with van der Waals surface area (Å²) < 4.78 is 5.33. The average molecular weight is 505 g/mol. The van der Waals surface area contributed by atoms with Gasteiger partial charge in [-0.2, -0.15) is 5.10 Å². The van der Waals surface area contributed by atoms with Gasteiger partial charge in [0.15, 0.2) is 0 Å². The van der Waals surface area contributed by atoms with Crippen LogP contribution in [0.2, 0.25) is 15.1 Å². The fourth-order valence-electron chi connectivity index (χ4n) is 2.59. The maximum absolute atomic E-state index is 12.3. The highest BCUT2D eigenvalue weighted by Gasteiger charge is 2.14. The third kappa shape index (κ3) is 7.05. The minimum atomic E-state index is -0.645. The van der Waals surface area contributed by atoms with E-state index < -0.39 is 17.8 Å². The Morgan fingerprint density at radius 2 is 1.67 bits per heavy atom. The van der Waals surface area contributed by atoms with Crippen LogP contribution in [0.4, 0.5) is 0 Å². The first-order chi connectivity index (χ1) is 15.8. The van der Waals surface area contributed by atoms with Gasteiger partial charge < -0.3 is 10.1 Å². The summed E-state index contributed by atoms with van der Waals surface area (Å²) in [5, 5.41) is 7.15. The van der Waals surface area contributed by atoms with E-state index in [9.17, 15) is 14.4 Å². The minimum absolute atomic E-state index is 0.172. The summed E-state index contributed by atoms with van der Waals surface area (Å²) in [5.74, 6) is -1.40. The van der Waals surface area contributed by atoms with Crippen LogP contribution in [0.25, 0.3) is 0 Å². The largest absolute Gasteiger partial charge is 0.423 e. The number of carbonyl (C=O) groups excluding carboxylic acids is 3. The van der Waals surface area contributed by atoms with Gasteiger partial charge >= 0.3 is 5.97 Å². The summed E-state index contributed by atoms with van der Waals surface area (Å²) in [7, 11) is 0. The van der Waals surface area contributed by atoms with E-state index in [4.69, 9.17) is 39.5 Å². The third-order valence-corrected chi connectivity index (χ3v) is 5.03. The molecule has 3 rings (SSSR count). The molecular formula is C23H16Cl3N3O4. The van der Waals surface area contributed by atoms with Crippen molar-refractivity contribution in [2.75, 3.05) is 6.54 Å². The summed E-state index contributed by atoms with van der Waals surface area (Å²) >= 11 is 17.8. The lowest BCUT2D eigenvalue weighted by Crippen LogP contribution is -2.35. The van der Waals surface area contributed by atoms with E-state index in [1.54, 1.807) is 48.5 Å². The van der Waals surface area contributed by atoms with Gasteiger partial charge in [0.1, 0.15) is 5.75 Å². The molecule has 0 radical (unpaired) electrons. The first-order valence-electron chi connectivity index (χ1n) is 9.45. The van der Waals surface area contributed by atoms with Crippen molar-refractivity contribution in [3.05, 3.63) is 98.5 Å². The van der Waals surface area contributed by atoms with Gasteiger partial charge in [0, 0.05) is 5.02 Å². The number of hydrogen-bond donors (Lipinski definition) is 2. The molecule has 0 heterocycles. The zero-order valence-electron chi connectivity index (χ0n) is 16.8. The second kappa shape index (κ2) is 11.5.